The quantitative estimate of drug-likeness (QED) is 0.282. The third-order valence-corrected chi connectivity index (χ3v) is 8.71. The van der Waals surface area contributed by atoms with Crippen molar-refractivity contribution >= 4 is 17.5 Å². The second kappa shape index (κ2) is 9.76. The highest BCUT2D eigenvalue weighted by Gasteiger charge is 2.47. The van der Waals surface area contributed by atoms with Crippen molar-refractivity contribution < 1.29 is 36.1 Å². The van der Waals surface area contributed by atoms with Gasteiger partial charge >= 0.3 is 12.2 Å². The zero-order chi connectivity index (χ0) is 29.2. The zero-order valence-corrected chi connectivity index (χ0v) is 22.3. The molecule has 0 radical (unpaired) electrons. The van der Waals surface area contributed by atoms with Crippen molar-refractivity contribution in [3.05, 3.63) is 47.2 Å². The van der Waals surface area contributed by atoms with Crippen LogP contribution in [0, 0.1) is 5.92 Å². The number of nitrogens with zero attached hydrogens (tertiary/aromatic N) is 5. The van der Waals surface area contributed by atoms with Gasteiger partial charge in [-0.25, -0.2) is 23.1 Å². The number of Topliss-reactive ketones (excluding diaryl/α,β-unsaturated/α-hetero) is 1. The third kappa shape index (κ3) is 5.52. The summed E-state index contributed by atoms with van der Waals surface area (Å²) in [5, 5.41) is 10.3. The Labute approximate surface area is 231 Å². The summed E-state index contributed by atoms with van der Waals surface area (Å²) in [6, 6.07) is -1.15. The number of alkyl halides is 5. The van der Waals surface area contributed by atoms with Gasteiger partial charge in [0.15, 0.2) is 11.4 Å². The van der Waals surface area contributed by atoms with Gasteiger partial charge < -0.3 is 14.7 Å². The molecule has 0 aromatic carbocycles. The lowest BCUT2D eigenvalue weighted by molar-refractivity contribution is -0.149. The smallest absolute Gasteiger partial charge is 0.364 e. The second-order valence-electron chi connectivity index (χ2n) is 11.8. The first kappa shape index (κ1) is 27.6. The van der Waals surface area contributed by atoms with Gasteiger partial charge in [0, 0.05) is 37.1 Å². The van der Waals surface area contributed by atoms with Gasteiger partial charge in [0.1, 0.15) is 18.0 Å². The fourth-order valence-electron chi connectivity index (χ4n) is 5.91. The number of hydrogen-bond acceptors (Lipinski definition) is 6. The van der Waals surface area contributed by atoms with Crippen LogP contribution in [0.4, 0.5) is 26.7 Å². The highest BCUT2D eigenvalue weighted by molar-refractivity contribution is 5.97. The molecule has 9 nitrogen and oxygen atoms in total. The van der Waals surface area contributed by atoms with E-state index < -0.39 is 36.6 Å². The van der Waals surface area contributed by atoms with Gasteiger partial charge in [0.25, 0.3) is 0 Å². The largest absolute Gasteiger partial charge is 0.410 e. The Bertz CT molecular complexity index is 1470. The van der Waals surface area contributed by atoms with Gasteiger partial charge in [-0.1, -0.05) is 12.1 Å². The number of urea groups is 1. The van der Waals surface area contributed by atoms with Crippen molar-refractivity contribution in [1.29, 1.82) is 0 Å². The number of carbonyl (C=O) groups is 2. The van der Waals surface area contributed by atoms with Crippen LogP contribution in [0.5, 0.6) is 0 Å². The average Bonchev–Trinajstić information content (AvgIpc) is 3.28. The van der Waals surface area contributed by atoms with Gasteiger partial charge in [-0.15, -0.1) is 0 Å². The van der Waals surface area contributed by atoms with E-state index in [9.17, 15) is 31.5 Å². The van der Waals surface area contributed by atoms with Crippen LogP contribution in [-0.2, 0) is 12.0 Å². The molecule has 220 valence electrons. The molecular weight excluding hydrogens is 551 g/mol. The molecule has 2 aliphatic carbocycles. The van der Waals surface area contributed by atoms with E-state index in [1.807, 2.05) is 12.2 Å². The Balaban J connectivity index is 1.25. The van der Waals surface area contributed by atoms with Crippen molar-refractivity contribution in [3.8, 4) is 0 Å². The Morgan fingerprint density at radius 3 is 2.61 bits per heavy atom. The molecule has 6 rings (SSSR count). The number of fused-ring (bicyclic) bond motifs is 1. The van der Waals surface area contributed by atoms with Crippen LogP contribution in [0.25, 0.3) is 5.65 Å². The van der Waals surface area contributed by atoms with E-state index in [1.54, 1.807) is 12.3 Å². The molecule has 3 aromatic rings. The maximum atomic E-state index is 14.0. The normalized spacial score (nSPS) is 23.1. The van der Waals surface area contributed by atoms with Gasteiger partial charge in [0.05, 0.1) is 30.2 Å². The van der Waals surface area contributed by atoms with Crippen molar-refractivity contribution in [1.82, 2.24) is 30.0 Å². The lowest BCUT2D eigenvalue weighted by Gasteiger charge is -2.32. The summed E-state index contributed by atoms with van der Waals surface area (Å²) in [5.41, 5.74) is 2.20. The Hall–Kier alpha value is -3.58. The third-order valence-electron chi connectivity index (χ3n) is 8.71. The standard InChI is InChI=1S/C27H29F5N6O3/c1-25(6-7-25)23-18(14-41-36-23)20(39)9-17(16-2-4-26(28,29)5-3-16)19-12-38-22(34-19)8-15(10-33-38)11-37-13-21(27(30,31)32)35-24(37)40/h8,10,12,14,16-17,21H,2-7,9,11,13H2,1H3,(H,35,40)/t17-,21-/m0/s1. The summed E-state index contributed by atoms with van der Waals surface area (Å²) in [7, 11) is 0. The fourth-order valence-corrected chi connectivity index (χ4v) is 5.91. The summed E-state index contributed by atoms with van der Waals surface area (Å²) in [6.07, 6.45) is 1.64. The monoisotopic (exact) mass is 580 g/mol. The average molecular weight is 581 g/mol. The highest BCUT2D eigenvalue weighted by atomic mass is 19.4. The van der Waals surface area contributed by atoms with Gasteiger partial charge in [0.2, 0.25) is 5.92 Å². The molecule has 2 saturated carbocycles. The van der Waals surface area contributed by atoms with Crippen LogP contribution >= 0.6 is 0 Å². The van der Waals surface area contributed by atoms with Gasteiger partial charge in [-0.05, 0) is 43.2 Å². The first-order chi connectivity index (χ1) is 19.3. The van der Waals surface area contributed by atoms with Crippen LogP contribution in [0.1, 0.15) is 85.1 Å². The lowest BCUT2D eigenvalue weighted by Crippen LogP contribution is -2.40. The van der Waals surface area contributed by atoms with Gasteiger partial charge in [-0.3, -0.25) is 4.79 Å². The summed E-state index contributed by atoms with van der Waals surface area (Å²) in [6.45, 7) is 1.40. The van der Waals surface area contributed by atoms with E-state index in [-0.39, 0.29) is 55.8 Å². The molecule has 3 aromatic heterocycles. The number of nitrogens with one attached hydrogen (secondary N) is 1. The molecule has 1 N–H and O–H groups in total. The molecule has 2 amide bonds. The maximum absolute atomic E-state index is 14.0. The molecule has 1 aliphatic heterocycles. The number of hydrogen-bond donors (Lipinski definition) is 1. The first-order valence-electron chi connectivity index (χ1n) is 13.6. The van der Waals surface area contributed by atoms with E-state index >= 15 is 0 Å². The number of ketones is 1. The van der Waals surface area contributed by atoms with Crippen molar-refractivity contribution in [3.63, 3.8) is 0 Å². The molecule has 4 heterocycles. The van der Waals surface area contributed by atoms with Crippen LogP contribution in [0.15, 0.2) is 29.2 Å². The number of halogens is 5. The van der Waals surface area contributed by atoms with Crippen LogP contribution in [0.3, 0.4) is 0 Å². The maximum Gasteiger partial charge on any atom is 0.410 e. The summed E-state index contributed by atoms with van der Waals surface area (Å²) in [4.78, 5) is 31.3. The minimum absolute atomic E-state index is 0.0318. The fraction of sp³-hybridized carbons (Fsp3) is 0.593. The van der Waals surface area contributed by atoms with Crippen LogP contribution in [-0.4, -0.2) is 61.2 Å². The molecule has 0 bridgehead atoms. The van der Waals surface area contributed by atoms with Crippen molar-refractivity contribution in [2.75, 3.05) is 6.54 Å². The SMILES string of the molecule is CC1(c2nocc2C(=O)C[C@H](c2cn3ncc(CN4C[C@@H](C(F)(F)F)NC4=O)cc3n2)C2CCC(F)(F)CC2)CC1. The molecule has 3 aliphatic rings. The van der Waals surface area contributed by atoms with Crippen LogP contribution < -0.4 is 5.32 Å². The van der Waals surface area contributed by atoms with Crippen molar-refractivity contribution in [2.24, 2.45) is 5.92 Å². The van der Waals surface area contributed by atoms with E-state index in [4.69, 9.17) is 4.52 Å². The highest BCUT2D eigenvalue weighted by Crippen LogP contribution is 2.49. The molecule has 2 atom stereocenters. The molecule has 1 saturated heterocycles. The predicted octanol–water partition coefficient (Wildman–Crippen LogP) is 5.41. The number of amides is 2. The summed E-state index contributed by atoms with van der Waals surface area (Å²) >= 11 is 0. The Kier molecular flexibility index (Phi) is 6.57. The van der Waals surface area contributed by atoms with Crippen LogP contribution in [0.2, 0.25) is 0 Å². The number of rotatable bonds is 8. The molecule has 3 fully saturated rings. The second-order valence-corrected chi connectivity index (χ2v) is 11.8. The topological polar surface area (TPSA) is 106 Å². The van der Waals surface area contributed by atoms with E-state index in [0.29, 0.717) is 28.2 Å². The molecule has 0 spiro atoms. The molecule has 0 unspecified atom stereocenters. The lowest BCUT2D eigenvalue weighted by atomic mass is 9.75. The van der Waals surface area contributed by atoms with Crippen molar-refractivity contribution in [2.45, 2.75) is 87.9 Å². The zero-order valence-electron chi connectivity index (χ0n) is 22.3. The van der Waals surface area contributed by atoms with E-state index in [0.717, 1.165) is 17.7 Å². The minimum Gasteiger partial charge on any atom is -0.364 e. The molecule has 14 heteroatoms. The molecular formula is C27H29F5N6O3. The first-order valence-corrected chi connectivity index (χ1v) is 13.6. The summed E-state index contributed by atoms with van der Waals surface area (Å²) < 4.78 is 73.8. The molecule has 41 heavy (non-hydrogen) atoms. The summed E-state index contributed by atoms with van der Waals surface area (Å²) in [5.74, 6) is -3.61. The number of aromatic nitrogens is 4. The van der Waals surface area contributed by atoms with Gasteiger partial charge in [-0.2, -0.15) is 18.3 Å². The number of imidazole rings is 1. The Morgan fingerprint density at radius 2 is 1.95 bits per heavy atom. The van der Waals surface area contributed by atoms with E-state index in [2.05, 4.69) is 15.2 Å². The van der Waals surface area contributed by atoms with E-state index in [1.165, 1.54) is 17.0 Å². The number of carbonyl (C=O) groups excluding carboxylic acids is 2. The predicted molar refractivity (Wildman–Crippen MR) is 133 cm³/mol. The minimum atomic E-state index is -4.55. The Morgan fingerprint density at radius 1 is 1.22 bits per heavy atom.